The van der Waals surface area contributed by atoms with Crippen molar-refractivity contribution in [2.75, 3.05) is 24.5 Å². The van der Waals surface area contributed by atoms with E-state index in [1.165, 1.54) is 27.8 Å². The van der Waals surface area contributed by atoms with Crippen molar-refractivity contribution in [2.45, 2.75) is 34.6 Å². The van der Waals surface area contributed by atoms with Gasteiger partial charge in [-0.1, -0.05) is 186 Å². The molecule has 0 unspecified atom stereocenters. The average molecular weight is 1290 g/mol. The highest BCUT2D eigenvalue weighted by Gasteiger charge is 2.20. The zero-order chi connectivity index (χ0) is 67.9. The van der Waals surface area contributed by atoms with Crippen LogP contribution in [0.1, 0.15) is 27.8 Å². The second kappa shape index (κ2) is 28.5. The Morgan fingerprint density at radius 3 is 0.350 bits per heavy atom. The molecule has 7 heteroatoms. The number of anilines is 15. The van der Waals surface area contributed by atoms with Crippen LogP contribution >= 0.6 is 0 Å². The van der Waals surface area contributed by atoms with E-state index in [9.17, 15) is 0 Å². The van der Waals surface area contributed by atoms with E-state index in [0.717, 1.165) is 130 Å². The van der Waals surface area contributed by atoms with Crippen LogP contribution < -0.4 is 24.5 Å². The molecule has 0 amide bonds. The summed E-state index contributed by atoms with van der Waals surface area (Å²) in [4.78, 5) is 20.1. The van der Waals surface area contributed by atoms with Crippen molar-refractivity contribution in [3.63, 3.8) is 0 Å². The number of hydrogen-bond donors (Lipinski definition) is 0. The minimum atomic E-state index is 1.03. The molecule has 0 aliphatic carbocycles. The number of benzene rings is 13. The van der Waals surface area contributed by atoms with Crippen molar-refractivity contribution < 1.29 is 0 Å². The number of rotatable bonds is 19. The van der Waals surface area contributed by atoms with Gasteiger partial charge in [0.2, 0.25) is 0 Å². The number of hydrogen-bond acceptors (Lipinski definition) is 7. The lowest BCUT2D eigenvalue weighted by Gasteiger charge is -2.27. The molecule has 0 aliphatic heterocycles. The predicted octanol–water partition coefficient (Wildman–Crippen LogP) is 26.0. The molecule has 2 heterocycles. The van der Waals surface area contributed by atoms with E-state index < -0.39 is 0 Å². The van der Waals surface area contributed by atoms with Crippen LogP contribution in [0.3, 0.4) is 0 Å². The average Bonchev–Trinajstić information content (AvgIpc) is 0.811. The predicted molar refractivity (Wildman–Crippen MR) is 421 cm³/mol. The number of nitrogens with zero attached hydrogens (tertiary/aromatic N) is 7. The second-order valence-corrected chi connectivity index (χ2v) is 25.6. The Morgan fingerprint density at radius 2 is 0.230 bits per heavy atom. The Morgan fingerprint density at radius 1 is 0.130 bits per heavy atom. The SMILES string of the molecule is Cc1ccc(N(c2ccc(C)cc2)c2ccc(-c3ccc(N(c4ccc(C)cc4)c4ccc(-c5ccc(N(c6ccc(C)cc6)c6ccc(-c7ccc(N(c8ccc(C)cc8)c8ccc(-c9ccc(N(c%10ccncc%10)c%10ccncc%10)cc9)cc8)cc7)cc6)cc5)cc4)cc3)cc2)cc1. The molecule has 0 N–H and O–H groups in total. The van der Waals surface area contributed by atoms with Gasteiger partial charge in [-0.05, 0) is 261 Å². The summed E-state index contributed by atoms with van der Waals surface area (Å²) in [5.74, 6) is 0. The first-order chi connectivity index (χ1) is 49.1. The fourth-order valence-electron chi connectivity index (χ4n) is 13.1. The molecular formula is C93H75N7. The summed E-state index contributed by atoms with van der Waals surface area (Å²) in [5.41, 5.74) is 31.5. The molecule has 13 aromatic carbocycles. The number of aryl methyl sites for hydroxylation is 5. The summed E-state index contributed by atoms with van der Waals surface area (Å²) in [6, 6.07) is 123. The van der Waals surface area contributed by atoms with E-state index in [0.29, 0.717) is 0 Å². The van der Waals surface area contributed by atoms with Gasteiger partial charge in [0.1, 0.15) is 0 Å². The van der Waals surface area contributed by atoms with Gasteiger partial charge in [0, 0.05) is 110 Å². The second-order valence-electron chi connectivity index (χ2n) is 25.6. The summed E-state index contributed by atoms with van der Waals surface area (Å²) in [6.07, 6.45) is 7.29. The fraction of sp³-hybridized carbons (Fsp3) is 0.0538. The maximum atomic E-state index is 4.26. The molecule has 2 aromatic heterocycles. The molecule has 0 bridgehead atoms. The lowest BCUT2D eigenvalue weighted by molar-refractivity contribution is 1.22. The normalized spacial score (nSPS) is 11.1. The summed E-state index contributed by atoms with van der Waals surface area (Å²) in [6.45, 7) is 10.7. The highest BCUT2D eigenvalue weighted by Crippen LogP contribution is 2.44. The summed E-state index contributed by atoms with van der Waals surface area (Å²) in [7, 11) is 0. The van der Waals surface area contributed by atoms with Gasteiger partial charge in [-0.3, -0.25) is 9.97 Å². The van der Waals surface area contributed by atoms with Crippen molar-refractivity contribution in [3.8, 4) is 44.5 Å². The first-order valence-electron chi connectivity index (χ1n) is 34.1. The van der Waals surface area contributed by atoms with Gasteiger partial charge in [0.25, 0.3) is 0 Å². The van der Waals surface area contributed by atoms with Crippen LogP contribution in [0.4, 0.5) is 85.3 Å². The summed E-state index contributed by atoms with van der Waals surface area (Å²) in [5, 5.41) is 0. The Kier molecular flexibility index (Phi) is 18.0. The van der Waals surface area contributed by atoms with E-state index in [2.05, 4.69) is 385 Å². The van der Waals surface area contributed by atoms with E-state index in [1.807, 2.05) is 49.1 Å². The van der Waals surface area contributed by atoms with Crippen LogP contribution in [0.25, 0.3) is 44.5 Å². The van der Waals surface area contributed by atoms with Gasteiger partial charge < -0.3 is 24.5 Å². The lowest BCUT2D eigenvalue weighted by atomic mass is 10.0. The summed E-state index contributed by atoms with van der Waals surface area (Å²) >= 11 is 0. The number of aromatic nitrogens is 2. The van der Waals surface area contributed by atoms with Crippen LogP contribution in [-0.4, -0.2) is 9.97 Å². The van der Waals surface area contributed by atoms with Gasteiger partial charge in [0.15, 0.2) is 0 Å². The Labute approximate surface area is 587 Å². The van der Waals surface area contributed by atoms with E-state index in [1.54, 1.807) is 0 Å². The van der Waals surface area contributed by atoms with Crippen molar-refractivity contribution in [1.29, 1.82) is 0 Å². The van der Waals surface area contributed by atoms with Gasteiger partial charge in [-0.15, -0.1) is 0 Å². The molecule has 0 atom stereocenters. The minimum absolute atomic E-state index is 1.03. The smallest absolute Gasteiger partial charge is 0.0492 e. The highest BCUT2D eigenvalue weighted by atomic mass is 15.2. The highest BCUT2D eigenvalue weighted by molar-refractivity contribution is 5.86. The molecule has 0 spiro atoms. The molecular weight excluding hydrogens is 1220 g/mol. The molecule has 7 nitrogen and oxygen atoms in total. The van der Waals surface area contributed by atoms with E-state index in [4.69, 9.17) is 0 Å². The first kappa shape index (κ1) is 63.2. The molecule has 100 heavy (non-hydrogen) atoms. The molecule has 482 valence electrons. The molecule has 15 rings (SSSR count). The van der Waals surface area contributed by atoms with Crippen molar-refractivity contribution in [2.24, 2.45) is 0 Å². The largest absolute Gasteiger partial charge is 0.311 e. The van der Waals surface area contributed by atoms with Crippen LogP contribution in [-0.2, 0) is 0 Å². The molecule has 0 saturated carbocycles. The first-order valence-corrected chi connectivity index (χ1v) is 34.1. The van der Waals surface area contributed by atoms with Crippen LogP contribution in [0.15, 0.2) is 365 Å². The molecule has 0 aliphatic rings. The van der Waals surface area contributed by atoms with E-state index in [-0.39, 0.29) is 0 Å². The number of pyridine rings is 2. The van der Waals surface area contributed by atoms with Gasteiger partial charge in [0.05, 0.1) is 0 Å². The quantitative estimate of drug-likeness (QED) is 0.0799. The molecule has 0 fully saturated rings. The Hall–Kier alpha value is -12.8. The maximum absolute atomic E-state index is 4.26. The topological polar surface area (TPSA) is 42.0 Å². The van der Waals surface area contributed by atoms with Crippen molar-refractivity contribution in [1.82, 2.24) is 9.97 Å². The lowest BCUT2D eigenvalue weighted by Crippen LogP contribution is -2.10. The Balaban J connectivity index is 0.653. The standard InChI is InChI=1S/C93H75N7/c1-66-6-32-79(33-7-66)96(80-34-8-67(2)9-35-80)84-42-16-71(17-43-84)72-18-44-85(45-19-72)97(81-36-10-68(3)11-37-81)86-46-20-73(21-47-86)74-22-48-87(49-23-74)98(82-38-12-69(4)13-39-82)88-50-24-75(25-51-88)76-26-52-89(53-27-76)99(83-40-14-70(5)15-41-83)90-54-28-77(29-55-90)78-30-56-91(57-31-78)100(92-58-62-94-63-59-92)93-60-64-95-65-61-93/h6-65H,1-5H3. The van der Waals surface area contributed by atoms with Crippen molar-refractivity contribution >= 4 is 85.3 Å². The van der Waals surface area contributed by atoms with Gasteiger partial charge in [-0.25, -0.2) is 0 Å². The molecule has 0 radical (unpaired) electrons. The zero-order valence-electron chi connectivity index (χ0n) is 56.8. The third kappa shape index (κ3) is 13.8. The Bertz CT molecular complexity index is 5090. The van der Waals surface area contributed by atoms with Crippen LogP contribution in [0, 0.1) is 34.6 Å². The van der Waals surface area contributed by atoms with Gasteiger partial charge in [-0.2, -0.15) is 0 Å². The van der Waals surface area contributed by atoms with E-state index >= 15 is 0 Å². The molecule has 15 aromatic rings. The maximum Gasteiger partial charge on any atom is 0.0492 e. The van der Waals surface area contributed by atoms with Crippen LogP contribution in [0.5, 0.6) is 0 Å². The van der Waals surface area contributed by atoms with Crippen LogP contribution in [0.2, 0.25) is 0 Å². The summed E-state index contributed by atoms with van der Waals surface area (Å²) < 4.78 is 0. The van der Waals surface area contributed by atoms with Gasteiger partial charge >= 0.3 is 0 Å². The molecule has 0 saturated heterocycles. The zero-order valence-corrected chi connectivity index (χ0v) is 56.8. The van der Waals surface area contributed by atoms with Crippen molar-refractivity contribution in [3.05, 3.63) is 392 Å². The monoisotopic (exact) mass is 1290 g/mol. The third-order valence-corrected chi connectivity index (χ3v) is 18.6. The minimum Gasteiger partial charge on any atom is -0.311 e. The fourth-order valence-corrected chi connectivity index (χ4v) is 13.1. The third-order valence-electron chi connectivity index (χ3n) is 18.6.